The third-order valence-corrected chi connectivity index (χ3v) is 6.89. The van der Waals surface area contributed by atoms with Crippen LogP contribution < -0.4 is 11.5 Å². The van der Waals surface area contributed by atoms with Crippen LogP contribution in [0.2, 0.25) is 0 Å². The summed E-state index contributed by atoms with van der Waals surface area (Å²) in [6.45, 7) is 1.62. The van der Waals surface area contributed by atoms with E-state index >= 15 is 0 Å². The lowest BCUT2D eigenvalue weighted by molar-refractivity contribution is -0.118. The van der Waals surface area contributed by atoms with Crippen molar-refractivity contribution < 1.29 is 23.4 Å². The fraction of sp³-hybridized carbons (Fsp3) is 0.941. The van der Waals surface area contributed by atoms with Crippen molar-refractivity contribution in [2.24, 2.45) is 17.4 Å². The predicted molar refractivity (Wildman–Crippen MR) is 101 cm³/mol. The van der Waals surface area contributed by atoms with Crippen LogP contribution in [0.15, 0.2) is 0 Å². The molecule has 0 radical (unpaired) electrons. The smallest absolute Gasteiger partial charge is 0.232 e. The molecule has 1 fully saturated rings. The highest BCUT2D eigenvalue weighted by atomic mass is 32.2. The maximum absolute atomic E-state index is 12.5. The van der Waals surface area contributed by atoms with E-state index in [1.54, 1.807) is 0 Å². The zero-order valence-corrected chi connectivity index (χ0v) is 16.5. The van der Waals surface area contributed by atoms with E-state index in [1.807, 2.05) is 6.92 Å². The summed E-state index contributed by atoms with van der Waals surface area (Å²) in [6.07, 6.45) is 4.67. The number of nitrogens with zero attached hydrogens (tertiary/aromatic N) is 1. The second-order valence-electron chi connectivity index (χ2n) is 7.39. The van der Waals surface area contributed by atoms with Gasteiger partial charge >= 0.3 is 0 Å². The summed E-state index contributed by atoms with van der Waals surface area (Å²) in [6, 6.07) is -0.677. The van der Waals surface area contributed by atoms with Crippen molar-refractivity contribution >= 4 is 15.9 Å². The summed E-state index contributed by atoms with van der Waals surface area (Å²) in [5.74, 6) is -1.02. The molecule has 6 N–H and O–H groups in total. The summed E-state index contributed by atoms with van der Waals surface area (Å²) in [7, 11) is -3.93. The monoisotopic (exact) mass is 393 g/mol. The number of nitrogens with two attached hydrogens (primary N) is 2. The number of amides is 1. The van der Waals surface area contributed by atoms with Crippen LogP contribution >= 0.6 is 0 Å². The van der Waals surface area contributed by atoms with Gasteiger partial charge in [-0.05, 0) is 18.8 Å². The molecule has 0 aliphatic heterocycles. The molecule has 1 rings (SSSR count). The molecule has 26 heavy (non-hydrogen) atoms. The highest BCUT2D eigenvalue weighted by Crippen LogP contribution is 2.28. The third kappa shape index (κ3) is 7.87. The van der Waals surface area contributed by atoms with E-state index in [1.165, 1.54) is 6.42 Å². The maximum atomic E-state index is 12.5. The molecule has 0 heterocycles. The maximum Gasteiger partial charge on any atom is 0.232 e. The molecule has 1 amide bonds. The average Bonchev–Trinajstić information content (AvgIpc) is 2.57. The SMILES string of the molecule is CCCCN(CC(N)=O)S(=O)(=O)C[C@@H](O)[C@H](O)[C@@H](N)CC1CCCCC1. The lowest BCUT2D eigenvalue weighted by atomic mass is 9.83. The van der Waals surface area contributed by atoms with Gasteiger partial charge in [0, 0.05) is 12.6 Å². The van der Waals surface area contributed by atoms with E-state index in [0.717, 1.165) is 36.4 Å². The minimum Gasteiger partial charge on any atom is -0.389 e. The molecule has 1 aliphatic rings. The van der Waals surface area contributed by atoms with Crippen molar-refractivity contribution in [3.63, 3.8) is 0 Å². The lowest BCUT2D eigenvalue weighted by Crippen LogP contribution is -2.49. The predicted octanol–water partition coefficient (Wildman–Crippen LogP) is -0.0769. The molecule has 0 bridgehead atoms. The lowest BCUT2D eigenvalue weighted by Gasteiger charge is -2.30. The van der Waals surface area contributed by atoms with Gasteiger partial charge in [-0.15, -0.1) is 0 Å². The van der Waals surface area contributed by atoms with Crippen molar-refractivity contribution in [1.82, 2.24) is 4.31 Å². The van der Waals surface area contributed by atoms with E-state index in [-0.39, 0.29) is 6.54 Å². The summed E-state index contributed by atoms with van der Waals surface area (Å²) in [5.41, 5.74) is 11.1. The Hall–Kier alpha value is -0.740. The van der Waals surface area contributed by atoms with E-state index in [9.17, 15) is 23.4 Å². The number of hydrogen-bond acceptors (Lipinski definition) is 6. The Labute approximate surface area is 157 Å². The molecule has 0 spiro atoms. The molecular formula is C17H35N3O5S. The molecule has 0 aromatic carbocycles. The number of sulfonamides is 1. The molecule has 8 nitrogen and oxygen atoms in total. The van der Waals surface area contributed by atoms with Crippen molar-refractivity contribution in [2.75, 3.05) is 18.8 Å². The van der Waals surface area contributed by atoms with Crippen LogP contribution in [0.25, 0.3) is 0 Å². The number of aliphatic hydroxyl groups excluding tert-OH is 2. The first-order chi connectivity index (χ1) is 12.2. The largest absolute Gasteiger partial charge is 0.389 e. The minimum atomic E-state index is -3.93. The van der Waals surface area contributed by atoms with Crippen LogP contribution in [-0.2, 0) is 14.8 Å². The van der Waals surface area contributed by atoms with Gasteiger partial charge in [0.2, 0.25) is 15.9 Å². The minimum absolute atomic E-state index is 0.152. The third-order valence-electron chi connectivity index (χ3n) is 5.03. The molecule has 9 heteroatoms. The molecule has 1 aliphatic carbocycles. The van der Waals surface area contributed by atoms with Crippen LogP contribution in [0.4, 0.5) is 0 Å². The van der Waals surface area contributed by atoms with Crippen molar-refractivity contribution in [1.29, 1.82) is 0 Å². The Morgan fingerprint density at radius 3 is 2.38 bits per heavy atom. The van der Waals surface area contributed by atoms with Gasteiger partial charge < -0.3 is 21.7 Å². The molecule has 3 atom stereocenters. The normalized spacial score (nSPS) is 20.0. The van der Waals surface area contributed by atoms with Gasteiger partial charge in [0.1, 0.15) is 0 Å². The summed E-state index contributed by atoms with van der Waals surface area (Å²) in [4.78, 5) is 11.2. The average molecular weight is 394 g/mol. The van der Waals surface area contributed by atoms with Crippen LogP contribution in [0.5, 0.6) is 0 Å². The number of hydrogen-bond donors (Lipinski definition) is 4. The fourth-order valence-electron chi connectivity index (χ4n) is 3.48. The fourth-order valence-corrected chi connectivity index (χ4v) is 5.05. The van der Waals surface area contributed by atoms with E-state index in [4.69, 9.17) is 11.5 Å². The van der Waals surface area contributed by atoms with Gasteiger partial charge in [-0.3, -0.25) is 4.79 Å². The zero-order valence-electron chi connectivity index (χ0n) is 15.7. The van der Waals surface area contributed by atoms with E-state index in [0.29, 0.717) is 18.8 Å². The standard InChI is InChI=1S/C17H35N3O5S/c1-2-3-9-20(11-16(19)22)26(24,25)12-15(21)17(23)14(18)10-13-7-5-4-6-8-13/h13-15,17,21,23H,2-12,18H2,1H3,(H2,19,22)/t14-,15+,17+/m0/s1. The summed E-state index contributed by atoms with van der Waals surface area (Å²) in [5, 5.41) is 20.5. The van der Waals surface area contributed by atoms with Gasteiger partial charge in [-0.25, -0.2) is 8.42 Å². The molecule has 0 aromatic heterocycles. The Bertz CT molecular complexity index is 522. The molecule has 0 aromatic rings. The van der Waals surface area contributed by atoms with Crippen LogP contribution in [0.3, 0.4) is 0 Å². The first kappa shape index (κ1) is 23.3. The molecule has 0 unspecified atom stereocenters. The summed E-state index contributed by atoms with van der Waals surface area (Å²) < 4.78 is 26.0. The second-order valence-corrected chi connectivity index (χ2v) is 9.41. The Kier molecular flexibility index (Phi) is 10.0. The number of unbranched alkanes of at least 4 members (excludes halogenated alkanes) is 1. The highest BCUT2D eigenvalue weighted by Gasteiger charge is 2.33. The van der Waals surface area contributed by atoms with Gasteiger partial charge in [0.25, 0.3) is 0 Å². The molecule has 154 valence electrons. The molecule has 1 saturated carbocycles. The van der Waals surface area contributed by atoms with Crippen molar-refractivity contribution in [3.8, 4) is 0 Å². The Morgan fingerprint density at radius 2 is 1.85 bits per heavy atom. The number of aliphatic hydroxyl groups is 2. The number of carbonyl (C=O) groups is 1. The number of carbonyl (C=O) groups excluding carboxylic acids is 1. The zero-order chi connectivity index (χ0) is 19.7. The number of primary amides is 1. The van der Waals surface area contributed by atoms with Gasteiger partial charge in [-0.1, -0.05) is 45.4 Å². The van der Waals surface area contributed by atoms with Crippen LogP contribution in [0.1, 0.15) is 58.3 Å². The quantitative estimate of drug-likeness (QED) is 0.365. The molecular weight excluding hydrogens is 358 g/mol. The van der Waals surface area contributed by atoms with Crippen LogP contribution in [-0.4, -0.2) is 65.9 Å². The first-order valence-corrected chi connectivity index (χ1v) is 11.2. The second kappa shape index (κ2) is 11.2. The van der Waals surface area contributed by atoms with Gasteiger partial charge in [-0.2, -0.15) is 4.31 Å². The van der Waals surface area contributed by atoms with Crippen LogP contribution in [0, 0.1) is 5.92 Å². The number of rotatable bonds is 12. The van der Waals surface area contributed by atoms with E-state index < -0.39 is 46.5 Å². The van der Waals surface area contributed by atoms with Crippen molar-refractivity contribution in [3.05, 3.63) is 0 Å². The van der Waals surface area contributed by atoms with E-state index in [2.05, 4.69) is 0 Å². The van der Waals surface area contributed by atoms with Gasteiger partial charge in [0.15, 0.2) is 0 Å². The Morgan fingerprint density at radius 1 is 1.23 bits per heavy atom. The highest BCUT2D eigenvalue weighted by molar-refractivity contribution is 7.89. The topological polar surface area (TPSA) is 147 Å². The van der Waals surface area contributed by atoms with Crippen molar-refractivity contribution in [2.45, 2.75) is 76.5 Å². The first-order valence-electron chi connectivity index (χ1n) is 9.55. The molecule has 0 saturated heterocycles. The van der Waals surface area contributed by atoms with Gasteiger partial charge in [0.05, 0.1) is 24.5 Å². The summed E-state index contributed by atoms with van der Waals surface area (Å²) >= 11 is 0. The Balaban J connectivity index is 2.64.